The van der Waals surface area contributed by atoms with Crippen LogP contribution in [0.3, 0.4) is 0 Å². The third kappa shape index (κ3) is 4.95. The van der Waals surface area contributed by atoms with Crippen LogP contribution in [-0.2, 0) is 4.74 Å². The molecule has 1 amide bonds. The smallest absolute Gasteiger partial charge is 0.254 e. The second kappa shape index (κ2) is 8.81. The van der Waals surface area contributed by atoms with Crippen molar-refractivity contribution < 1.29 is 14.3 Å². The SMILES string of the molecule is Cc1cccc(C)c1OC[C@H](C)NC(=O)c1cnc(N2CCOCC2)nc1. The van der Waals surface area contributed by atoms with Crippen molar-refractivity contribution in [2.24, 2.45) is 0 Å². The van der Waals surface area contributed by atoms with Gasteiger partial charge in [-0.1, -0.05) is 18.2 Å². The van der Waals surface area contributed by atoms with Gasteiger partial charge in [0.2, 0.25) is 5.95 Å². The molecule has 0 unspecified atom stereocenters. The summed E-state index contributed by atoms with van der Waals surface area (Å²) in [7, 11) is 0. The van der Waals surface area contributed by atoms with Gasteiger partial charge in [0.1, 0.15) is 12.4 Å². The minimum atomic E-state index is -0.207. The molecule has 27 heavy (non-hydrogen) atoms. The third-order valence-electron chi connectivity index (χ3n) is 4.46. The average Bonchev–Trinajstić information content (AvgIpc) is 2.68. The number of anilines is 1. The zero-order chi connectivity index (χ0) is 19.2. The number of hydrogen-bond donors (Lipinski definition) is 1. The zero-order valence-electron chi connectivity index (χ0n) is 16.1. The Kier molecular flexibility index (Phi) is 6.24. The molecule has 1 aliphatic heterocycles. The molecular weight excluding hydrogens is 344 g/mol. The number of amides is 1. The highest BCUT2D eigenvalue weighted by molar-refractivity contribution is 5.93. The molecule has 1 aromatic heterocycles. The summed E-state index contributed by atoms with van der Waals surface area (Å²) in [5.41, 5.74) is 2.60. The number of nitrogens with one attached hydrogen (secondary N) is 1. The molecule has 0 bridgehead atoms. The first-order valence-corrected chi connectivity index (χ1v) is 9.19. The molecule has 1 aliphatic rings. The summed E-state index contributed by atoms with van der Waals surface area (Å²) in [6.45, 7) is 9.19. The summed E-state index contributed by atoms with van der Waals surface area (Å²) >= 11 is 0. The number of morpholine rings is 1. The van der Waals surface area contributed by atoms with E-state index in [4.69, 9.17) is 9.47 Å². The van der Waals surface area contributed by atoms with Gasteiger partial charge in [-0.25, -0.2) is 9.97 Å². The maximum absolute atomic E-state index is 12.4. The predicted octanol–water partition coefficient (Wildman–Crippen LogP) is 2.13. The molecule has 1 N–H and O–H groups in total. The van der Waals surface area contributed by atoms with Crippen LogP contribution in [0.4, 0.5) is 5.95 Å². The monoisotopic (exact) mass is 370 g/mol. The van der Waals surface area contributed by atoms with Crippen molar-refractivity contribution in [3.05, 3.63) is 47.3 Å². The number of carbonyl (C=O) groups is 1. The molecule has 0 spiro atoms. The Morgan fingerprint density at radius 1 is 1.22 bits per heavy atom. The predicted molar refractivity (Wildman–Crippen MR) is 103 cm³/mol. The summed E-state index contributed by atoms with van der Waals surface area (Å²) < 4.78 is 11.2. The Morgan fingerprint density at radius 2 is 1.85 bits per heavy atom. The van der Waals surface area contributed by atoms with Gasteiger partial charge < -0.3 is 19.7 Å². The van der Waals surface area contributed by atoms with E-state index in [0.717, 1.165) is 30.0 Å². The lowest BCUT2D eigenvalue weighted by molar-refractivity contribution is 0.0925. The summed E-state index contributed by atoms with van der Waals surface area (Å²) in [6.07, 6.45) is 3.12. The molecule has 2 heterocycles. The van der Waals surface area contributed by atoms with E-state index in [-0.39, 0.29) is 11.9 Å². The van der Waals surface area contributed by atoms with Gasteiger partial charge in [-0.05, 0) is 31.9 Å². The minimum Gasteiger partial charge on any atom is -0.491 e. The van der Waals surface area contributed by atoms with Gasteiger partial charge in [-0.2, -0.15) is 0 Å². The molecule has 144 valence electrons. The normalized spacial score (nSPS) is 15.3. The highest BCUT2D eigenvalue weighted by Crippen LogP contribution is 2.22. The molecule has 1 saturated heterocycles. The van der Waals surface area contributed by atoms with Crippen LogP contribution in [0.1, 0.15) is 28.4 Å². The van der Waals surface area contributed by atoms with E-state index >= 15 is 0 Å². The number of nitrogens with zero attached hydrogens (tertiary/aromatic N) is 3. The molecule has 1 atom stereocenters. The van der Waals surface area contributed by atoms with Crippen molar-refractivity contribution in [2.75, 3.05) is 37.8 Å². The number of ether oxygens (including phenoxy) is 2. The first-order valence-electron chi connectivity index (χ1n) is 9.19. The highest BCUT2D eigenvalue weighted by atomic mass is 16.5. The zero-order valence-corrected chi connectivity index (χ0v) is 16.1. The maximum Gasteiger partial charge on any atom is 0.254 e. The number of para-hydroxylation sites is 1. The summed E-state index contributed by atoms with van der Waals surface area (Å²) in [5.74, 6) is 1.29. The number of rotatable bonds is 6. The van der Waals surface area contributed by atoms with Crippen molar-refractivity contribution in [3.63, 3.8) is 0 Å². The van der Waals surface area contributed by atoms with Gasteiger partial charge in [0.05, 0.1) is 24.8 Å². The average molecular weight is 370 g/mol. The quantitative estimate of drug-likeness (QED) is 0.839. The third-order valence-corrected chi connectivity index (χ3v) is 4.46. The van der Waals surface area contributed by atoms with Gasteiger partial charge in [0.15, 0.2) is 0 Å². The molecule has 1 aromatic carbocycles. The van der Waals surface area contributed by atoms with E-state index in [0.29, 0.717) is 31.3 Å². The fourth-order valence-corrected chi connectivity index (χ4v) is 2.95. The number of aromatic nitrogens is 2. The van der Waals surface area contributed by atoms with Gasteiger partial charge in [0.25, 0.3) is 5.91 Å². The molecule has 3 rings (SSSR count). The van der Waals surface area contributed by atoms with Crippen LogP contribution in [-0.4, -0.2) is 54.8 Å². The fraction of sp³-hybridized carbons (Fsp3) is 0.450. The van der Waals surface area contributed by atoms with Gasteiger partial charge in [-0.15, -0.1) is 0 Å². The highest BCUT2D eigenvalue weighted by Gasteiger charge is 2.16. The molecule has 7 nitrogen and oxygen atoms in total. The Morgan fingerprint density at radius 3 is 2.48 bits per heavy atom. The summed E-state index contributed by atoms with van der Waals surface area (Å²) in [4.78, 5) is 23.1. The van der Waals surface area contributed by atoms with Gasteiger partial charge in [0, 0.05) is 25.5 Å². The summed E-state index contributed by atoms with van der Waals surface area (Å²) in [6, 6.07) is 5.89. The molecule has 0 radical (unpaired) electrons. The van der Waals surface area contributed by atoms with Gasteiger partial charge in [-0.3, -0.25) is 4.79 Å². The van der Waals surface area contributed by atoms with Gasteiger partial charge >= 0.3 is 0 Å². The van der Waals surface area contributed by atoms with E-state index in [1.165, 1.54) is 0 Å². The molecule has 1 fully saturated rings. The number of aryl methyl sites for hydroxylation is 2. The van der Waals surface area contributed by atoms with Crippen LogP contribution in [0.15, 0.2) is 30.6 Å². The second-order valence-electron chi connectivity index (χ2n) is 6.78. The Bertz CT molecular complexity index is 753. The largest absolute Gasteiger partial charge is 0.491 e. The van der Waals surface area contributed by atoms with E-state index in [1.807, 2.05) is 43.9 Å². The lowest BCUT2D eigenvalue weighted by atomic mass is 10.1. The molecule has 0 saturated carbocycles. The summed E-state index contributed by atoms with van der Waals surface area (Å²) in [5, 5.41) is 2.93. The van der Waals surface area contributed by atoms with E-state index in [2.05, 4.69) is 15.3 Å². The maximum atomic E-state index is 12.4. The number of hydrogen-bond acceptors (Lipinski definition) is 6. The van der Waals surface area contributed by atoms with Crippen molar-refractivity contribution in [1.29, 1.82) is 0 Å². The van der Waals surface area contributed by atoms with Crippen molar-refractivity contribution >= 4 is 11.9 Å². The van der Waals surface area contributed by atoms with Crippen molar-refractivity contribution in [3.8, 4) is 5.75 Å². The molecule has 2 aromatic rings. The lowest BCUT2D eigenvalue weighted by Gasteiger charge is -2.26. The Balaban J connectivity index is 1.53. The van der Waals surface area contributed by atoms with E-state index in [1.54, 1.807) is 12.4 Å². The van der Waals surface area contributed by atoms with E-state index < -0.39 is 0 Å². The number of carbonyl (C=O) groups excluding carboxylic acids is 1. The van der Waals surface area contributed by atoms with Crippen molar-refractivity contribution in [2.45, 2.75) is 26.8 Å². The molecule has 0 aliphatic carbocycles. The van der Waals surface area contributed by atoms with Crippen LogP contribution >= 0.6 is 0 Å². The van der Waals surface area contributed by atoms with Crippen LogP contribution in [0.25, 0.3) is 0 Å². The lowest BCUT2D eigenvalue weighted by Crippen LogP contribution is -2.38. The van der Waals surface area contributed by atoms with Crippen LogP contribution in [0.2, 0.25) is 0 Å². The molecule has 7 heteroatoms. The Hall–Kier alpha value is -2.67. The van der Waals surface area contributed by atoms with E-state index in [9.17, 15) is 4.79 Å². The number of benzene rings is 1. The molecular formula is C20H26N4O3. The second-order valence-corrected chi connectivity index (χ2v) is 6.78. The van der Waals surface area contributed by atoms with Crippen molar-refractivity contribution in [1.82, 2.24) is 15.3 Å². The first kappa shape index (κ1) is 19.1. The van der Waals surface area contributed by atoms with Crippen LogP contribution in [0, 0.1) is 13.8 Å². The topological polar surface area (TPSA) is 76.6 Å². The van der Waals surface area contributed by atoms with Crippen LogP contribution < -0.4 is 15.0 Å². The van der Waals surface area contributed by atoms with Crippen LogP contribution in [0.5, 0.6) is 5.75 Å². The first-order chi connectivity index (χ1) is 13.0. The standard InChI is InChI=1S/C20H26N4O3/c1-14-5-4-6-15(2)18(14)27-13-16(3)23-19(25)17-11-21-20(22-12-17)24-7-9-26-10-8-24/h4-6,11-12,16H,7-10,13H2,1-3H3,(H,23,25)/t16-/m0/s1. The Labute approximate surface area is 159 Å². The fourth-order valence-electron chi connectivity index (χ4n) is 2.95. The minimum absolute atomic E-state index is 0.143.